The molecule has 1 saturated carbocycles. The molecule has 0 bridgehead atoms. The molecule has 2 aliphatic rings. The highest BCUT2D eigenvalue weighted by molar-refractivity contribution is 7.99. The topological polar surface area (TPSA) is 101 Å². The fraction of sp³-hybridized carbons (Fsp3) is 0.545. The number of amides is 3. The third-order valence-electron chi connectivity index (χ3n) is 5.68. The van der Waals surface area contributed by atoms with E-state index in [2.05, 4.69) is 42.4 Å². The molecule has 32 heavy (non-hydrogen) atoms. The number of hydrogen-bond acceptors (Lipinski definition) is 7. The Labute approximate surface area is 192 Å². The van der Waals surface area contributed by atoms with E-state index < -0.39 is 6.03 Å². The first-order valence-corrected chi connectivity index (χ1v) is 12.2. The maximum Gasteiger partial charge on any atom is 0.321 e. The lowest BCUT2D eigenvalue weighted by Gasteiger charge is -2.28. The number of aromatic nitrogens is 3. The van der Waals surface area contributed by atoms with Crippen molar-refractivity contribution in [2.24, 2.45) is 0 Å². The molecular formula is C22H30N6O3S. The normalized spacial score (nSPS) is 16.8. The lowest BCUT2D eigenvalue weighted by molar-refractivity contribution is -0.119. The zero-order valence-electron chi connectivity index (χ0n) is 18.2. The van der Waals surface area contributed by atoms with Crippen LogP contribution >= 0.6 is 11.8 Å². The number of carbonyl (C=O) groups is 2. The van der Waals surface area contributed by atoms with E-state index in [9.17, 15) is 9.59 Å². The van der Waals surface area contributed by atoms with Gasteiger partial charge in [-0.05, 0) is 18.4 Å². The molecule has 0 atom stereocenters. The Morgan fingerprint density at radius 3 is 2.59 bits per heavy atom. The Morgan fingerprint density at radius 1 is 1.09 bits per heavy atom. The average Bonchev–Trinajstić information content (AvgIpc) is 3.45. The van der Waals surface area contributed by atoms with Crippen LogP contribution in [0.4, 0.5) is 10.7 Å². The van der Waals surface area contributed by atoms with Crippen LogP contribution in [0.5, 0.6) is 0 Å². The highest BCUT2D eigenvalue weighted by Gasteiger charge is 2.22. The van der Waals surface area contributed by atoms with Gasteiger partial charge in [0.1, 0.15) is 0 Å². The maximum atomic E-state index is 12.2. The number of rotatable bonds is 8. The van der Waals surface area contributed by atoms with Gasteiger partial charge in [0, 0.05) is 31.3 Å². The quantitative estimate of drug-likeness (QED) is 0.586. The summed E-state index contributed by atoms with van der Waals surface area (Å²) < 4.78 is 7.56. The van der Waals surface area contributed by atoms with E-state index in [0.29, 0.717) is 25.5 Å². The minimum Gasteiger partial charge on any atom is -0.378 e. The summed E-state index contributed by atoms with van der Waals surface area (Å²) in [4.78, 5) is 26.4. The molecule has 3 amide bonds. The van der Waals surface area contributed by atoms with Gasteiger partial charge in [0.2, 0.25) is 11.9 Å². The summed E-state index contributed by atoms with van der Waals surface area (Å²) in [6.45, 7) is 3.54. The molecule has 2 aromatic rings. The highest BCUT2D eigenvalue weighted by Crippen LogP contribution is 2.24. The molecule has 9 nitrogen and oxygen atoms in total. The predicted molar refractivity (Wildman–Crippen MR) is 123 cm³/mol. The average molecular weight is 459 g/mol. The van der Waals surface area contributed by atoms with Crippen molar-refractivity contribution in [1.82, 2.24) is 25.4 Å². The van der Waals surface area contributed by atoms with E-state index in [-0.39, 0.29) is 18.4 Å². The number of carbonyl (C=O) groups excluding carboxylic acids is 2. The number of hydrogen-bond donors (Lipinski definition) is 2. The lowest BCUT2D eigenvalue weighted by atomic mass is 10.2. The molecule has 1 aliphatic heterocycles. The van der Waals surface area contributed by atoms with Gasteiger partial charge in [-0.1, -0.05) is 54.9 Å². The van der Waals surface area contributed by atoms with Crippen molar-refractivity contribution in [3.8, 4) is 0 Å². The standard InChI is InChI=1S/C22H30N6O3S/c29-19(24-20(30)23-18-8-4-5-9-18)10-15-32-22-26-25-21(27-11-13-31-14-12-27)28(22)16-17-6-2-1-3-7-17/h1-3,6-7,18H,4-5,8-16H2,(H2,23,24,29,30). The summed E-state index contributed by atoms with van der Waals surface area (Å²) in [6.07, 6.45) is 4.46. The highest BCUT2D eigenvalue weighted by atomic mass is 32.2. The first-order valence-electron chi connectivity index (χ1n) is 11.2. The summed E-state index contributed by atoms with van der Waals surface area (Å²) in [5.74, 6) is 1.05. The number of nitrogens with one attached hydrogen (secondary N) is 2. The Kier molecular flexibility index (Phi) is 8.00. The predicted octanol–water partition coefficient (Wildman–Crippen LogP) is 2.41. The van der Waals surface area contributed by atoms with E-state index in [4.69, 9.17) is 4.74 Å². The third kappa shape index (κ3) is 6.23. The number of ether oxygens (including phenoxy) is 1. The van der Waals surface area contributed by atoms with Gasteiger partial charge >= 0.3 is 6.03 Å². The van der Waals surface area contributed by atoms with Crippen LogP contribution in [-0.4, -0.2) is 64.8 Å². The van der Waals surface area contributed by atoms with Crippen LogP contribution in [0.3, 0.4) is 0 Å². The minimum absolute atomic E-state index is 0.187. The summed E-state index contributed by atoms with van der Waals surface area (Å²) in [7, 11) is 0. The summed E-state index contributed by atoms with van der Waals surface area (Å²) in [5, 5.41) is 14.9. The van der Waals surface area contributed by atoms with E-state index in [1.165, 1.54) is 11.8 Å². The zero-order chi connectivity index (χ0) is 22.2. The molecule has 1 aromatic heterocycles. The molecule has 2 heterocycles. The molecule has 1 aromatic carbocycles. The second-order valence-electron chi connectivity index (χ2n) is 8.06. The van der Waals surface area contributed by atoms with Crippen LogP contribution in [0.25, 0.3) is 0 Å². The first kappa shape index (κ1) is 22.6. The van der Waals surface area contributed by atoms with E-state index in [0.717, 1.165) is 55.4 Å². The Balaban J connectivity index is 1.34. The van der Waals surface area contributed by atoms with Crippen molar-refractivity contribution >= 4 is 29.6 Å². The molecule has 1 saturated heterocycles. The molecule has 0 unspecified atom stereocenters. The second-order valence-corrected chi connectivity index (χ2v) is 9.12. The minimum atomic E-state index is -0.395. The number of nitrogens with zero attached hydrogens (tertiary/aromatic N) is 4. The Morgan fingerprint density at radius 2 is 1.84 bits per heavy atom. The van der Waals surface area contributed by atoms with Gasteiger partial charge in [-0.15, -0.1) is 10.2 Å². The molecule has 2 N–H and O–H groups in total. The summed E-state index contributed by atoms with van der Waals surface area (Å²) in [5.41, 5.74) is 1.16. The number of imide groups is 1. The first-order chi connectivity index (χ1) is 15.7. The van der Waals surface area contributed by atoms with Crippen LogP contribution < -0.4 is 15.5 Å². The van der Waals surface area contributed by atoms with Crippen molar-refractivity contribution in [2.45, 2.75) is 49.8 Å². The summed E-state index contributed by atoms with van der Waals surface area (Å²) in [6, 6.07) is 9.97. The van der Waals surface area contributed by atoms with Gasteiger partial charge < -0.3 is 15.0 Å². The van der Waals surface area contributed by atoms with Gasteiger partial charge in [0.25, 0.3) is 0 Å². The molecule has 0 spiro atoms. The fourth-order valence-electron chi connectivity index (χ4n) is 4.01. The van der Waals surface area contributed by atoms with Crippen LogP contribution in [-0.2, 0) is 16.1 Å². The largest absolute Gasteiger partial charge is 0.378 e. The number of thioether (sulfide) groups is 1. The molecule has 0 radical (unpaired) electrons. The molecule has 1 aliphatic carbocycles. The molecule has 172 valence electrons. The van der Waals surface area contributed by atoms with Crippen molar-refractivity contribution in [3.05, 3.63) is 35.9 Å². The Hall–Kier alpha value is -2.59. The Bertz CT molecular complexity index is 894. The van der Waals surface area contributed by atoms with Gasteiger partial charge in [0.05, 0.1) is 19.8 Å². The third-order valence-corrected chi connectivity index (χ3v) is 6.65. The molecule has 4 rings (SSSR count). The smallest absolute Gasteiger partial charge is 0.321 e. The number of benzene rings is 1. The molecular weight excluding hydrogens is 428 g/mol. The maximum absolute atomic E-state index is 12.2. The lowest BCUT2D eigenvalue weighted by Crippen LogP contribution is -2.43. The van der Waals surface area contributed by atoms with Gasteiger partial charge in [0.15, 0.2) is 5.16 Å². The second kappa shape index (κ2) is 11.3. The molecule has 2 fully saturated rings. The van der Waals surface area contributed by atoms with Crippen LogP contribution in [0.15, 0.2) is 35.5 Å². The van der Waals surface area contributed by atoms with Crippen LogP contribution in [0, 0.1) is 0 Å². The van der Waals surface area contributed by atoms with Gasteiger partial charge in [-0.25, -0.2) is 4.79 Å². The van der Waals surface area contributed by atoms with E-state index in [1.807, 2.05) is 18.2 Å². The van der Waals surface area contributed by atoms with Crippen molar-refractivity contribution < 1.29 is 14.3 Å². The SMILES string of the molecule is O=C(CCSc1nnc(N2CCOCC2)n1Cc1ccccc1)NC(=O)NC1CCCC1. The fourth-order valence-corrected chi connectivity index (χ4v) is 4.88. The van der Waals surface area contributed by atoms with Crippen molar-refractivity contribution in [1.29, 1.82) is 0 Å². The monoisotopic (exact) mass is 458 g/mol. The van der Waals surface area contributed by atoms with Gasteiger partial charge in [-0.3, -0.25) is 14.7 Å². The van der Waals surface area contributed by atoms with Crippen LogP contribution in [0.2, 0.25) is 0 Å². The number of urea groups is 1. The number of morpholine rings is 1. The van der Waals surface area contributed by atoms with E-state index >= 15 is 0 Å². The number of anilines is 1. The van der Waals surface area contributed by atoms with Crippen LogP contribution in [0.1, 0.15) is 37.7 Å². The summed E-state index contributed by atoms with van der Waals surface area (Å²) >= 11 is 1.48. The van der Waals surface area contributed by atoms with Crippen molar-refractivity contribution in [3.63, 3.8) is 0 Å². The van der Waals surface area contributed by atoms with Gasteiger partial charge in [-0.2, -0.15) is 0 Å². The molecule has 10 heteroatoms. The van der Waals surface area contributed by atoms with E-state index in [1.54, 1.807) is 0 Å². The zero-order valence-corrected chi connectivity index (χ0v) is 19.0. The van der Waals surface area contributed by atoms with Crippen molar-refractivity contribution in [2.75, 3.05) is 37.0 Å².